The number of unbranched alkanes of at least 4 members (excludes halogenated alkanes) is 6. The summed E-state index contributed by atoms with van der Waals surface area (Å²) in [4.78, 5) is 0. The summed E-state index contributed by atoms with van der Waals surface area (Å²) < 4.78 is 0. The molecule has 0 fully saturated rings. The highest BCUT2D eigenvalue weighted by molar-refractivity contribution is 5.76. The minimum atomic E-state index is 0.322. The molecule has 0 aromatic rings. The van der Waals surface area contributed by atoms with Crippen LogP contribution in [0.25, 0.3) is 0 Å². The molecule has 0 aliphatic heterocycles. The zero-order chi connectivity index (χ0) is 9.94. The molecule has 5 N–H and O–H groups in total. The second kappa shape index (κ2) is 9.52. The maximum Gasteiger partial charge on any atom is 0.0905 e. The van der Waals surface area contributed by atoms with Crippen molar-refractivity contribution in [2.45, 2.75) is 51.4 Å². The van der Waals surface area contributed by atoms with Crippen LogP contribution >= 0.6 is 0 Å². The lowest BCUT2D eigenvalue weighted by molar-refractivity contribution is 0.586. The fourth-order valence-electron chi connectivity index (χ4n) is 1.34. The number of nitrogens with one attached hydrogen (secondary N) is 1. The Labute approximate surface area is 81.4 Å². The van der Waals surface area contributed by atoms with Crippen molar-refractivity contribution in [2.75, 3.05) is 6.54 Å². The Bertz CT molecular complexity index is 123. The highest BCUT2D eigenvalue weighted by atomic mass is 14.7. The number of nitrogens with two attached hydrogens (primary N) is 2. The molecule has 0 heterocycles. The van der Waals surface area contributed by atoms with Gasteiger partial charge in [-0.25, -0.2) is 0 Å². The van der Waals surface area contributed by atoms with Crippen LogP contribution < -0.4 is 11.5 Å². The first-order valence-electron chi connectivity index (χ1n) is 5.30. The summed E-state index contributed by atoms with van der Waals surface area (Å²) in [6, 6.07) is 0. The molecule has 0 bridgehead atoms. The molecule has 0 rings (SSSR count). The van der Waals surface area contributed by atoms with Crippen LogP contribution in [0.1, 0.15) is 51.4 Å². The Morgan fingerprint density at radius 2 is 1.31 bits per heavy atom. The second-order valence-corrected chi connectivity index (χ2v) is 3.54. The summed E-state index contributed by atoms with van der Waals surface area (Å²) in [5, 5.41) is 7.03. The Hall–Kier alpha value is -0.570. The van der Waals surface area contributed by atoms with Gasteiger partial charge in [0.2, 0.25) is 0 Å². The topological polar surface area (TPSA) is 75.9 Å². The summed E-state index contributed by atoms with van der Waals surface area (Å²) in [6.07, 6.45) is 9.36. The molecule has 0 aromatic heterocycles. The van der Waals surface area contributed by atoms with E-state index in [0.29, 0.717) is 5.84 Å². The fourth-order valence-corrected chi connectivity index (χ4v) is 1.34. The molecule has 0 aliphatic carbocycles. The third-order valence-electron chi connectivity index (χ3n) is 2.15. The molecular formula is C10H23N3. The molecule has 0 unspecified atom stereocenters. The van der Waals surface area contributed by atoms with Gasteiger partial charge in [-0.2, -0.15) is 0 Å². The molecule has 78 valence electrons. The zero-order valence-corrected chi connectivity index (χ0v) is 8.52. The Balaban J connectivity index is 2.87. The van der Waals surface area contributed by atoms with Gasteiger partial charge >= 0.3 is 0 Å². The van der Waals surface area contributed by atoms with Crippen LogP contribution in [0.2, 0.25) is 0 Å². The van der Waals surface area contributed by atoms with Crippen LogP contribution in [-0.4, -0.2) is 12.4 Å². The van der Waals surface area contributed by atoms with Gasteiger partial charge in [-0.05, 0) is 19.4 Å². The summed E-state index contributed by atoms with van der Waals surface area (Å²) in [6.45, 7) is 0.824. The molecule has 0 saturated heterocycles. The average Bonchev–Trinajstić information content (AvgIpc) is 2.09. The van der Waals surface area contributed by atoms with Crippen LogP contribution in [0.15, 0.2) is 0 Å². The van der Waals surface area contributed by atoms with Crippen LogP contribution in [0, 0.1) is 5.41 Å². The van der Waals surface area contributed by atoms with Gasteiger partial charge in [0, 0.05) is 6.42 Å². The van der Waals surface area contributed by atoms with Gasteiger partial charge in [0.1, 0.15) is 0 Å². The smallest absolute Gasteiger partial charge is 0.0905 e. The third-order valence-corrected chi connectivity index (χ3v) is 2.15. The Morgan fingerprint density at radius 3 is 1.77 bits per heavy atom. The SMILES string of the molecule is N=C(N)CCCCCCCCCN. The number of hydrogen-bond donors (Lipinski definition) is 3. The predicted octanol–water partition coefficient (Wildman–Crippen LogP) is 2.00. The summed E-state index contributed by atoms with van der Waals surface area (Å²) >= 11 is 0. The van der Waals surface area contributed by atoms with Crippen molar-refractivity contribution in [1.29, 1.82) is 5.41 Å². The third kappa shape index (κ3) is 11.4. The summed E-state index contributed by atoms with van der Waals surface area (Å²) in [7, 11) is 0. The first-order valence-corrected chi connectivity index (χ1v) is 5.30. The van der Waals surface area contributed by atoms with Crippen molar-refractivity contribution in [2.24, 2.45) is 11.5 Å². The molecule has 0 saturated carbocycles. The monoisotopic (exact) mass is 185 g/mol. The quantitative estimate of drug-likeness (QED) is 0.292. The van der Waals surface area contributed by atoms with E-state index < -0.39 is 0 Å². The van der Waals surface area contributed by atoms with E-state index in [1.807, 2.05) is 0 Å². The van der Waals surface area contributed by atoms with E-state index in [0.717, 1.165) is 25.8 Å². The lowest BCUT2D eigenvalue weighted by Gasteiger charge is -2.00. The normalized spacial score (nSPS) is 10.2. The largest absolute Gasteiger partial charge is 0.388 e. The van der Waals surface area contributed by atoms with Crippen LogP contribution in [0.3, 0.4) is 0 Å². The standard InChI is InChI=1S/C10H23N3/c11-9-7-5-3-1-2-4-6-8-10(12)13/h1-9,11H2,(H3,12,13). The van der Waals surface area contributed by atoms with Gasteiger partial charge < -0.3 is 11.5 Å². The highest BCUT2D eigenvalue weighted by Crippen LogP contribution is 2.07. The number of rotatable bonds is 9. The fraction of sp³-hybridized carbons (Fsp3) is 0.900. The van der Waals surface area contributed by atoms with Gasteiger partial charge in [-0.3, -0.25) is 5.41 Å². The summed E-state index contributed by atoms with van der Waals surface area (Å²) in [5.41, 5.74) is 10.6. The predicted molar refractivity (Wildman–Crippen MR) is 57.9 cm³/mol. The molecule has 0 aromatic carbocycles. The zero-order valence-electron chi connectivity index (χ0n) is 8.52. The molecule has 0 radical (unpaired) electrons. The van der Waals surface area contributed by atoms with Gasteiger partial charge in [0.05, 0.1) is 5.84 Å². The molecule has 13 heavy (non-hydrogen) atoms. The maximum atomic E-state index is 7.03. The molecule has 0 atom stereocenters. The molecule has 0 amide bonds. The molecule has 3 nitrogen and oxygen atoms in total. The van der Waals surface area contributed by atoms with Gasteiger partial charge in [0.25, 0.3) is 0 Å². The molecular weight excluding hydrogens is 162 g/mol. The minimum absolute atomic E-state index is 0.322. The first kappa shape index (κ1) is 12.4. The van der Waals surface area contributed by atoms with E-state index in [1.54, 1.807) is 0 Å². The van der Waals surface area contributed by atoms with E-state index in [4.69, 9.17) is 16.9 Å². The maximum absolute atomic E-state index is 7.03. The van der Waals surface area contributed by atoms with Crippen molar-refractivity contribution in [3.05, 3.63) is 0 Å². The lowest BCUT2D eigenvalue weighted by atomic mass is 10.1. The van der Waals surface area contributed by atoms with Crippen molar-refractivity contribution in [3.8, 4) is 0 Å². The molecule has 0 spiro atoms. The van der Waals surface area contributed by atoms with Gasteiger partial charge in [0.15, 0.2) is 0 Å². The number of amidine groups is 1. The highest BCUT2D eigenvalue weighted by Gasteiger charge is 1.92. The first-order chi connectivity index (χ1) is 6.27. The van der Waals surface area contributed by atoms with E-state index in [-0.39, 0.29) is 0 Å². The van der Waals surface area contributed by atoms with E-state index >= 15 is 0 Å². The Kier molecular flexibility index (Phi) is 9.10. The Morgan fingerprint density at radius 1 is 0.846 bits per heavy atom. The molecule has 3 heteroatoms. The van der Waals surface area contributed by atoms with Crippen molar-refractivity contribution in [1.82, 2.24) is 0 Å². The van der Waals surface area contributed by atoms with E-state index in [2.05, 4.69) is 0 Å². The van der Waals surface area contributed by atoms with E-state index in [9.17, 15) is 0 Å². The van der Waals surface area contributed by atoms with Crippen LogP contribution in [0.4, 0.5) is 0 Å². The van der Waals surface area contributed by atoms with Crippen molar-refractivity contribution >= 4 is 5.84 Å². The average molecular weight is 185 g/mol. The molecule has 0 aliphatic rings. The van der Waals surface area contributed by atoms with E-state index in [1.165, 1.54) is 32.1 Å². The summed E-state index contributed by atoms with van der Waals surface area (Å²) in [5.74, 6) is 0.322. The lowest BCUT2D eigenvalue weighted by Crippen LogP contribution is -2.08. The number of hydrogen-bond acceptors (Lipinski definition) is 2. The second-order valence-electron chi connectivity index (χ2n) is 3.54. The van der Waals surface area contributed by atoms with Gasteiger partial charge in [-0.15, -0.1) is 0 Å². The van der Waals surface area contributed by atoms with Crippen molar-refractivity contribution in [3.63, 3.8) is 0 Å². The van der Waals surface area contributed by atoms with Crippen molar-refractivity contribution < 1.29 is 0 Å². The minimum Gasteiger partial charge on any atom is -0.388 e. The van der Waals surface area contributed by atoms with Crippen LogP contribution in [0.5, 0.6) is 0 Å². The van der Waals surface area contributed by atoms with Gasteiger partial charge in [-0.1, -0.05) is 32.1 Å². The van der Waals surface area contributed by atoms with Crippen LogP contribution in [-0.2, 0) is 0 Å².